The van der Waals surface area contributed by atoms with Crippen LogP contribution in [0.3, 0.4) is 0 Å². The van der Waals surface area contributed by atoms with Gasteiger partial charge in [-0.05, 0) is 35.4 Å². The van der Waals surface area contributed by atoms with Crippen LogP contribution >= 0.6 is 15.9 Å². The van der Waals surface area contributed by atoms with Crippen LogP contribution in [0.1, 0.15) is 10.4 Å². The van der Waals surface area contributed by atoms with Crippen molar-refractivity contribution in [1.82, 2.24) is 0 Å². The molecular weight excluding hydrogens is 280 g/mol. The van der Waals surface area contributed by atoms with Gasteiger partial charge in [-0.2, -0.15) is 0 Å². The third-order valence-electron chi connectivity index (χ3n) is 2.46. The van der Waals surface area contributed by atoms with Crippen molar-refractivity contribution in [1.29, 1.82) is 0 Å². The molecule has 0 atom stereocenters. The van der Waals surface area contributed by atoms with Crippen molar-refractivity contribution >= 4 is 21.9 Å². The lowest BCUT2D eigenvalue weighted by molar-refractivity contribution is 0.0601. The van der Waals surface area contributed by atoms with Crippen molar-refractivity contribution in [2.75, 3.05) is 7.11 Å². The van der Waals surface area contributed by atoms with Gasteiger partial charge in [0.1, 0.15) is 0 Å². The smallest absolute Gasteiger partial charge is 0.337 e. The molecule has 17 heavy (non-hydrogen) atoms. The second kappa shape index (κ2) is 5.15. The molecule has 0 bridgehead atoms. The highest BCUT2D eigenvalue weighted by atomic mass is 79.9. The number of ether oxygens (including phenoxy) is 1. The van der Waals surface area contributed by atoms with Gasteiger partial charge in [0.25, 0.3) is 0 Å². The molecule has 2 aromatic rings. The molecule has 0 unspecified atom stereocenters. The van der Waals surface area contributed by atoms with Crippen molar-refractivity contribution < 1.29 is 9.53 Å². The van der Waals surface area contributed by atoms with Gasteiger partial charge in [-0.15, -0.1) is 0 Å². The molecule has 0 aromatic heterocycles. The number of carbonyl (C=O) groups excluding carboxylic acids is 1. The Kier molecular flexibility index (Phi) is 3.59. The Balaban J connectivity index is 2.39. The number of esters is 1. The number of carbonyl (C=O) groups is 1. The molecule has 0 saturated carbocycles. The first kappa shape index (κ1) is 11.9. The van der Waals surface area contributed by atoms with E-state index in [1.807, 2.05) is 42.5 Å². The summed E-state index contributed by atoms with van der Waals surface area (Å²) in [5, 5.41) is 0. The molecular formula is C14H11BrO2. The van der Waals surface area contributed by atoms with Gasteiger partial charge in [0.05, 0.1) is 12.7 Å². The van der Waals surface area contributed by atoms with Gasteiger partial charge >= 0.3 is 5.97 Å². The zero-order valence-electron chi connectivity index (χ0n) is 9.31. The third-order valence-corrected chi connectivity index (χ3v) is 2.99. The van der Waals surface area contributed by atoms with E-state index in [0.717, 1.165) is 15.6 Å². The van der Waals surface area contributed by atoms with Crippen LogP contribution in [0.5, 0.6) is 0 Å². The van der Waals surface area contributed by atoms with Crippen LogP contribution < -0.4 is 0 Å². The Morgan fingerprint density at radius 3 is 2.41 bits per heavy atom. The van der Waals surface area contributed by atoms with Gasteiger partial charge < -0.3 is 4.74 Å². The van der Waals surface area contributed by atoms with Gasteiger partial charge in [0.2, 0.25) is 0 Å². The monoisotopic (exact) mass is 290 g/mol. The molecule has 0 heterocycles. The van der Waals surface area contributed by atoms with Crippen molar-refractivity contribution in [2.24, 2.45) is 0 Å². The highest BCUT2D eigenvalue weighted by Gasteiger charge is 2.06. The lowest BCUT2D eigenvalue weighted by atomic mass is 10.0. The van der Waals surface area contributed by atoms with Gasteiger partial charge in [-0.1, -0.05) is 40.2 Å². The van der Waals surface area contributed by atoms with Crippen LogP contribution in [0.2, 0.25) is 0 Å². The molecule has 0 aliphatic heterocycles. The summed E-state index contributed by atoms with van der Waals surface area (Å²) < 4.78 is 5.73. The van der Waals surface area contributed by atoms with Gasteiger partial charge in [-0.25, -0.2) is 4.79 Å². The molecule has 0 spiro atoms. The largest absolute Gasteiger partial charge is 0.465 e. The van der Waals surface area contributed by atoms with Crippen molar-refractivity contribution in [2.45, 2.75) is 0 Å². The van der Waals surface area contributed by atoms with E-state index in [-0.39, 0.29) is 5.97 Å². The standard InChI is InChI=1S/C14H11BrO2/c1-17-14(16)12-4-2-3-11(9-12)10-5-7-13(15)8-6-10/h2-9H,1H3. The fourth-order valence-electron chi connectivity index (χ4n) is 1.59. The Bertz CT molecular complexity index is 532. The predicted molar refractivity (Wildman–Crippen MR) is 70.9 cm³/mol. The molecule has 0 amide bonds. The minimum atomic E-state index is -0.316. The Morgan fingerprint density at radius 1 is 1.06 bits per heavy atom. The minimum absolute atomic E-state index is 0.316. The molecule has 2 rings (SSSR count). The summed E-state index contributed by atoms with van der Waals surface area (Å²) in [5.41, 5.74) is 2.63. The van der Waals surface area contributed by atoms with E-state index < -0.39 is 0 Å². The fraction of sp³-hybridized carbons (Fsp3) is 0.0714. The molecule has 3 heteroatoms. The summed E-state index contributed by atoms with van der Waals surface area (Å²) in [6, 6.07) is 15.3. The average molecular weight is 291 g/mol. The molecule has 0 aliphatic rings. The number of halogens is 1. The quantitative estimate of drug-likeness (QED) is 0.784. The lowest BCUT2D eigenvalue weighted by Gasteiger charge is -2.04. The third kappa shape index (κ3) is 2.74. The fourth-order valence-corrected chi connectivity index (χ4v) is 1.85. The molecule has 0 aliphatic carbocycles. The van der Waals surface area contributed by atoms with Gasteiger partial charge in [-0.3, -0.25) is 0 Å². The van der Waals surface area contributed by atoms with Crippen molar-refractivity contribution in [3.05, 3.63) is 58.6 Å². The summed E-state index contributed by atoms with van der Waals surface area (Å²) in [7, 11) is 1.38. The number of hydrogen-bond acceptors (Lipinski definition) is 2. The SMILES string of the molecule is COC(=O)c1cccc(-c2ccc(Br)cc2)c1. The van der Waals surface area contributed by atoms with Gasteiger partial charge in [0.15, 0.2) is 0 Å². The van der Waals surface area contributed by atoms with Crippen LogP contribution in [0.25, 0.3) is 11.1 Å². The Hall–Kier alpha value is -1.61. The van der Waals surface area contributed by atoms with Crippen molar-refractivity contribution in [3.63, 3.8) is 0 Å². The average Bonchev–Trinajstić information content (AvgIpc) is 2.39. The molecule has 2 nitrogen and oxygen atoms in total. The molecule has 86 valence electrons. The molecule has 0 saturated heterocycles. The second-order valence-electron chi connectivity index (χ2n) is 3.58. The summed E-state index contributed by atoms with van der Waals surface area (Å²) in [4.78, 5) is 11.4. The van der Waals surface area contributed by atoms with E-state index in [0.29, 0.717) is 5.56 Å². The minimum Gasteiger partial charge on any atom is -0.465 e. The highest BCUT2D eigenvalue weighted by molar-refractivity contribution is 9.10. The molecule has 0 fully saturated rings. The maximum atomic E-state index is 11.4. The summed E-state index contributed by atoms with van der Waals surface area (Å²) in [6.45, 7) is 0. The van der Waals surface area contributed by atoms with Crippen LogP contribution in [-0.2, 0) is 4.74 Å². The van der Waals surface area contributed by atoms with E-state index in [4.69, 9.17) is 4.74 Å². The number of benzene rings is 2. The maximum Gasteiger partial charge on any atom is 0.337 e. The van der Waals surface area contributed by atoms with E-state index >= 15 is 0 Å². The van der Waals surface area contributed by atoms with E-state index in [1.54, 1.807) is 6.07 Å². The number of rotatable bonds is 2. The normalized spacial score (nSPS) is 10.0. The van der Waals surface area contributed by atoms with E-state index in [1.165, 1.54) is 7.11 Å². The number of hydrogen-bond donors (Lipinski definition) is 0. The summed E-state index contributed by atoms with van der Waals surface area (Å²) in [6.07, 6.45) is 0. The highest BCUT2D eigenvalue weighted by Crippen LogP contribution is 2.22. The van der Waals surface area contributed by atoms with Gasteiger partial charge in [0, 0.05) is 4.47 Å². The van der Waals surface area contributed by atoms with E-state index in [2.05, 4.69) is 15.9 Å². The first-order chi connectivity index (χ1) is 8.20. The topological polar surface area (TPSA) is 26.3 Å². The van der Waals surface area contributed by atoms with Crippen LogP contribution in [-0.4, -0.2) is 13.1 Å². The second-order valence-corrected chi connectivity index (χ2v) is 4.49. The first-order valence-electron chi connectivity index (χ1n) is 5.15. The zero-order valence-corrected chi connectivity index (χ0v) is 10.9. The van der Waals surface area contributed by atoms with Crippen LogP contribution in [0.15, 0.2) is 53.0 Å². The van der Waals surface area contributed by atoms with Crippen LogP contribution in [0, 0.1) is 0 Å². The summed E-state index contributed by atoms with van der Waals surface area (Å²) >= 11 is 3.39. The summed E-state index contributed by atoms with van der Waals surface area (Å²) in [5.74, 6) is -0.316. The lowest BCUT2D eigenvalue weighted by Crippen LogP contribution is -2.00. The zero-order chi connectivity index (χ0) is 12.3. The first-order valence-corrected chi connectivity index (χ1v) is 5.94. The molecule has 0 N–H and O–H groups in total. The number of methoxy groups -OCH3 is 1. The predicted octanol–water partition coefficient (Wildman–Crippen LogP) is 3.90. The molecule has 2 aromatic carbocycles. The van der Waals surface area contributed by atoms with Crippen molar-refractivity contribution in [3.8, 4) is 11.1 Å². The Labute approximate surface area is 108 Å². The maximum absolute atomic E-state index is 11.4. The van der Waals surface area contributed by atoms with Crippen LogP contribution in [0.4, 0.5) is 0 Å². The molecule has 0 radical (unpaired) electrons. The Morgan fingerprint density at radius 2 is 1.76 bits per heavy atom. The van der Waals surface area contributed by atoms with E-state index in [9.17, 15) is 4.79 Å².